The Labute approximate surface area is 134 Å². The maximum atomic E-state index is 12.9. The van der Waals surface area contributed by atoms with E-state index in [2.05, 4.69) is 0 Å². The van der Waals surface area contributed by atoms with Crippen LogP contribution in [-0.4, -0.2) is 8.42 Å². The van der Waals surface area contributed by atoms with Crippen LogP contribution in [0.5, 0.6) is 0 Å². The summed E-state index contributed by atoms with van der Waals surface area (Å²) in [5.74, 6) is 0. The molecule has 3 aromatic rings. The molecule has 0 N–H and O–H groups in total. The van der Waals surface area contributed by atoms with Gasteiger partial charge in [-0.1, -0.05) is 60.1 Å². The highest BCUT2D eigenvalue weighted by atomic mass is 35.5. The molecule has 0 radical (unpaired) electrons. The Morgan fingerprint density at radius 1 is 0.682 bits per heavy atom. The average Bonchev–Trinajstić information content (AvgIpc) is 2.56. The molecule has 0 heterocycles. The van der Waals surface area contributed by atoms with Gasteiger partial charge >= 0.3 is 0 Å². The van der Waals surface area contributed by atoms with Crippen LogP contribution < -0.4 is 0 Å². The van der Waals surface area contributed by atoms with Crippen molar-refractivity contribution in [3.05, 3.63) is 83.9 Å². The fraction of sp³-hybridized carbons (Fsp3) is 0. The van der Waals surface area contributed by atoms with E-state index in [1.54, 1.807) is 24.3 Å². The maximum absolute atomic E-state index is 12.9. The summed E-state index contributed by atoms with van der Waals surface area (Å²) in [7, 11) is -3.59. The molecule has 0 spiro atoms. The van der Waals surface area contributed by atoms with Crippen LogP contribution in [0.15, 0.2) is 88.7 Å². The Hall–Kier alpha value is -2.10. The van der Waals surface area contributed by atoms with Crippen molar-refractivity contribution in [2.75, 3.05) is 0 Å². The monoisotopic (exact) mass is 328 g/mol. The van der Waals surface area contributed by atoms with Crippen molar-refractivity contribution in [2.24, 2.45) is 0 Å². The van der Waals surface area contributed by atoms with Crippen LogP contribution in [0.4, 0.5) is 0 Å². The number of benzene rings is 3. The summed E-state index contributed by atoms with van der Waals surface area (Å²) < 4.78 is 25.8. The van der Waals surface area contributed by atoms with Gasteiger partial charge in [0.2, 0.25) is 9.84 Å². The fourth-order valence-electron chi connectivity index (χ4n) is 2.30. The van der Waals surface area contributed by atoms with E-state index in [1.165, 1.54) is 12.1 Å². The number of rotatable bonds is 3. The van der Waals surface area contributed by atoms with Crippen molar-refractivity contribution >= 4 is 21.4 Å². The topological polar surface area (TPSA) is 34.1 Å². The Morgan fingerprint density at radius 3 is 1.95 bits per heavy atom. The normalized spacial score (nSPS) is 11.3. The molecule has 0 saturated carbocycles. The Kier molecular flexibility index (Phi) is 4.01. The fourth-order valence-corrected chi connectivity index (χ4v) is 3.91. The van der Waals surface area contributed by atoms with E-state index in [1.807, 2.05) is 42.5 Å². The first kappa shape index (κ1) is 14.8. The van der Waals surface area contributed by atoms with E-state index in [0.717, 1.165) is 5.56 Å². The van der Waals surface area contributed by atoms with E-state index in [9.17, 15) is 8.42 Å². The van der Waals surface area contributed by atoms with Crippen molar-refractivity contribution in [1.29, 1.82) is 0 Å². The van der Waals surface area contributed by atoms with Gasteiger partial charge in [0.1, 0.15) is 0 Å². The van der Waals surface area contributed by atoms with Crippen molar-refractivity contribution in [3.8, 4) is 11.1 Å². The second kappa shape index (κ2) is 5.95. The molecular weight excluding hydrogens is 316 g/mol. The van der Waals surface area contributed by atoms with Gasteiger partial charge < -0.3 is 0 Å². The molecule has 3 rings (SSSR count). The maximum Gasteiger partial charge on any atom is 0.207 e. The molecule has 110 valence electrons. The van der Waals surface area contributed by atoms with Crippen LogP contribution in [-0.2, 0) is 9.84 Å². The minimum atomic E-state index is -3.59. The smallest absolute Gasteiger partial charge is 0.207 e. The van der Waals surface area contributed by atoms with E-state index >= 15 is 0 Å². The summed E-state index contributed by atoms with van der Waals surface area (Å²) in [5, 5.41) is 0.510. The molecule has 0 atom stereocenters. The van der Waals surface area contributed by atoms with Crippen molar-refractivity contribution in [1.82, 2.24) is 0 Å². The first-order valence-corrected chi connectivity index (χ1v) is 8.60. The van der Waals surface area contributed by atoms with E-state index in [4.69, 9.17) is 11.6 Å². The average molecular weight is 329 g/mol. The largest absolute Gasteiger partial charge is 0.218 e. The lowest BCUT2D eigenvalue weighted by Gasteiger charge is -2.11. The lowest BCUT2D eigenvalue weighted by molar-refractivity contribution is 0.596. The molecule has 0 fully saturated rings. The summed E-state index contributed by atoms with van der Waals surface area (Å²) in [6, 6.07) is 22.7. The lowest BCUT2D eigenvalue weighted by atomic mass is 10.1. The van der Waals surface area contributed by atoms with Crippen LogP contribution in [0.2, 0.25) is 5.02 Å². The molecule has 0 unspecified atom stereocenters. The van der Waals surface area contributed by atoms with Gasteiger partial charge in [0, 0.05) is 10.6 Å². The van der Waals surface area contributed by atoms with E-state index in [-0.39, 0.29) is 4.90 Å². The molecule has 22 heavy (non-hydrogen) atoms. The molecule has 0 bridgehead atoms. The van der Waals surface area contributed by atoms with Gasteiger partial charge in [0.05, 0.1) is 9.79 Å². The first-order chi connectivity index (χ1) is 10.6. The quantitative estimate of drug-likeness (QED) is 0.689. The molecule has 4 heteroatoms. The second-order valence-corrected chi connectivity index (χ2v) is 7.17. The van der Waals surface area contributed by atoms with Crippen molar-refractivity contribution in [2.45, 2.75) is 9.79 Å². The van der Waals surface area contributed by atoms with Crippen LogP contribution in [0.1, 0.15) is 0 Å². The highest BCUT2D eigenvalue weighted by Crippen LogP contribution is 2.31. The Morgan fingerprint density at radius 2 is 1.27 bits per heavy atom. The molecule has 3 aromatic carbocycles. The molecule has 0 aromatic heterocycles. The third-order valence-corrected chi connectivity index (χ3v) is 5.47. The Balaban J connectivity index is 2.18. The van der Waals surface area contributed by atoms with Gasteiger partial charge in [0.15, 0.2) is 0 Å². The zero-order chi connectivity index (χ0) is 15.6. The van der Waals surface area contributed by atoms with Gasteiger partial charge in [-0.25, -0.2) is 8.42 Å². The molecule has 2 nitrogen and oxygen atoms in total. The zero-order valence-corrected chi connectivity index (χ0v) is 13.2. The predicted octanol–water partition coefficient (Wildman–Crippen LogP) is 4.84. The standard InChI is InChI=1S/C18H13ClO2S/c19-15-10-12-16(13-11-15)22(20,21)18-9-5-4-8-17(18)14-6-2-1-3-7-14/h1-13H. The van der Waals surface area contributed by atoms with E-state index < -0.39 is 9.84 Å². The predicted molar refractivity (Wildman–Crippen MR) is 88.8 cm³/mol. The third kappa shape index (κ3) is 2.78. The van der Waals surface area contributed by atoms with Gasteiger partial charge in [-0.15, -0.1) is 0 Å². The summed E-state index contributed by atoms with van der Waals surface area (Å²) in [6.45, 7) is 0. The second-order valence-electron chi connectivity index (χ2n) is 4.82. The SMILES string of the molecule is O=S(=O)(c1ccc(Cl)cc1)c1ccccc1-c1ccccc1. The molecule has 0 saturated heterocycles. The summed E-state index contributed by atoms with van der Waals surface area (Å²) in [6.07, 6.45) is 0. The lowest BCUT2D eigenvalue weighted by Crippen LogP contribution is -2.03. The summed E-state index contributed by atoms with van der Waals surface area (Å²) in [4.78, 5) is 0.531. The van der Waals surface area contributed by atoms with E-state index in [0.29, 0.717) is 15.5 Å². The number of halogens is 1. The van der Waals surface area contributed by atoms with Crippen LogP contribution in [0, 0.1) is 0 Å². The number of hydrogen-bond acceptors (Lipinski definition) is 2. The highest BCUT2D eigenvalue weighted by molar-refractivity contribution is 7.91. The summed E-state index contributed by atoms with van der Waals surface area (Å²) in [5.41, 5.74) is 1.56. The molecule has 0 amide bonds. The Bertz CT molecular complexity index is 886. The van der Waals surface area contributed by atoms with Crippen LogP contribution in [0.3, 0.4) is 0 Å². The van der Waals surface area contributed by atoms with Crippen molar-refractivity contribution in [3.63, 3.8) is 0 Å². The minimum Gasteiger partial charge on any atom is -0.218 e. The highest BCUT2D eigenvalue weighted by Gasteiger charge is 2.21. The molecule has 0 aliphatic heterocycles. The number of hydrogen-bond donors (Lipinski definition) is 0. The van der Waals surface area contributed by atoms with Gasteiger partial charge in [-0.05, 0) is 35.9 Å². The minimum absolute atomic E-state index is 0.236. The van der Waals surface area contributed by atoms with Crippen molar-refractivity contribution < 1.29 is 8.42 Å². The summed E-state index contributed by atoms with van der Waals surface area (Å²) >= 11 is 5.84. The van der Waals surface area contributed by atoms with Crippen LogP contribution in [0.25, 0.3) is 11.1 Å². The molecular formula is C18H13ClO2S. The first-order valence-electron chi connectivity index (χ1n) is 6.74. The van der Waals surface area contributed by atoms with Gasteiger partial charge in [-0.2, -0.15) is 0 Å². The molecule has 0 aliphatic carbocycles. The third-order valence-electron chi connectivity index (χ3n) is 3.39. The van der Waals surface area contributed by atoms with Gasteiger partial charge in [-0.3, -0.25) is 0 Å². The van der Waals surface area contributed by atoms with Gasteiger partial charge in [0.25, 0.3) is 0 Å². The molecule has 0 aliphatic rings. The zero-order valence-electron chi connectivity index (χ0n) is 11.6. The number of sulfone groups is 1. The van der Waals surface area contributed by atoms with Crippen LogP contribution >= 0.6 is 11.6 Å².